The Balaban J connectivity index is 2.01. The fourth-order valence-electron chi connectivity index (χ4n) is 2.66. The Bertz CT molecular complexity index is 875. The highest BCUT2D eigenvalue weighted by Gasteiger charge is 2.37. The van der Waals surface area contributed by atoms with Crippen LogP contribution in [-0.2, 0) is 4.79 Å². The molecule has 6 heteroatoms. The van der Waals surface area contributed by atoms with Crippen LogP contribution in [0.2, 0.25) is 0 Å². The van der Waals surface area contributed by atoms with Gasteiger partial charge in [0.25, 0.3) is 11.1 Å². The molecule has 0 bridgehead atoms. The maximum atomic E-state index is 12.8. The molecule has 5 nitrogen and oxygen atoms in total. The molecule has 0 saturated carbocycles. The molecule has 1 heterocycles. The number of rotatable bonds is 4. The zero-order chi connectivity index (χ0) is 18.0. The van der Waals surface area contributed by atoms with Crippen molar-refractivity contribution in [2.24, 2.45) is 0 Å². The van der Waals surface area contributed by atoms with Gasteiger partial charge in [0.2, 0.25) is 0 Å². The largest absolute Gasteiger partial charge is 0.493 e. The second-order valence-corrected chi connectivity index (χ2v) is 6.38. The number of ether oxygens (including phenoxy) is 2. The van der Waals surface area contributed by atoms with Crippen LogP contribution in [0, 0.1) is 6.92 Å². The zero-order valence-corrected chi connectivity index (χ0v) is 14.9. The maximum Gasteiger partial charge on any atom is 0.298 e. The van der Waals surface area contributed by atoms with Crippen LogP contribution >= 0.6 is 11.8 Å². The van der Waals surface area contributed by atoms with Crippen LogP contribution < -0.4 is 14.4 Å². The summed E-state index contributed by atoms with van der Waals surface area (Å²) in [4.78, 5) is 26.7. The van der Waals surface area contributed by atoms with Crippen molar-refractivity contribution < 1.29 is 19.1 Å². The number of hydrogen-bond donors (Lipinski definition) is 0. The van der Waals surface area contributed by atoms with E-state index in [0.29, 0.717) is 27.7 Å². The predicted octanol–water partition coefficient (Wildman–Crippen LogP) is 4.25. The number of thioether (sulfide) groups is 1. The summed E-state index contributed by atoms with van der Waals surface area (Å²) in [6.07, 6.45) is 1.66. The predicted molar refractivity (Wildman–Crippen MR) is 99.2 cm³/mol. The highest BCUT2D eigenvalue weighted by atomic mass is 32.2. The highest BCUT2D eigenvalue weighted by Crippen LogP contribution is 2.39. The third-order valence-corrected chi connectivity index (χ3v) is 4.74. The number of benzene rings is 2. The molecule has 0 atom stereocenters. The second kappa shape index (κ2) is 7.03. The number of methoxy groups -OCH3 is 2. The summed E-state index contributed by atoms with van der Waals surface area (Å²) in [5.74, 6) is 0.747. The fraction of sp³-hybridized carbons (Fsp3) is 0.158. The van der Waals surface area contributed by atoms with E-state index in [4.69, 9.17) is 9.47 Å². The Kier molecular flexibility index (Phi) is 4.81. The van der Waals surface area contributed by atoms with Crippen LogP contribution in [0.15, 0.2) is 47.4 Å². The van der Waals surface area contributed by atoms with Crippen molar-refractivity contribution in [3.05, 3.63) is 58.5 Å². The van der Waals surface area contributed by atoms with Crippen LogP contribution in [0.4, 0.5) is 10.5 Å². The van der Waals surface area contributed by atoms with E-state index in [1.54, 1.807) is 37.5 Å². The number of aryl methyl sites for hydroxylation is 1. The molecule has 3 rings (SSSR count). The molecule has 0 aliphatic carbocycles. The van der Waals surface area contributed by atoms with Crippen molar-refractivity contribution in [2.75, 3.05) is 19.1 Å². The first kappa shape index (κ1) is 17.1. The van der Waals surface area contributed by atoms with Gasteiger partial charge in [0.1, 0.15) is 0 Å². The van der Waals surface area contributed by atoms with Gasteiger partial charge in [-0.3, -0.25) is 9.59 Å². The first-order valence-corrected chi connectivity index (χ1v) is 8.43. The Morgan fingerprint density at radius 2 is 1.76 bits per heavy atom. The molecular formula is C19H17NO4S. The van der Waals surface area contributed by atoms with E-state index < -0.39 is 0 Å². The van der Waals surface area contributed by atoms with E-state index >= 15 is 0 Å². The lowest BCUT2D eigenvalue weighted by molar-refractivity contribution is -0.113. The molecule has 0 spiro atoms. The van der Waals surface area contributed by atoms with Gasteiger partial charge in [0, 0.05) is 5.56 Å². The Morgan fingerprint density at radius 3 is 2.44 bits per heavy atom. The molecule has 0 radical (unpaired) electrons. The van der Waals surface area contributed by atoms with Crippen molar-refractivity contribution in [1.29, 1.82) is 0 Å². The van der Waals surface area contributed by atoms with Crippen LogP contribution in [-0.4, -0.2) is 25.4 Å². The minimum Gasteiger partial charge on any atom is -0.493 e. The molecule has 1 aliphatic rings. The molecule has 2 aromatic rings. The third-order valence-electron chi connectivity index (χ3n) is 3.87. The number of imide groups is 1. The lowest BCUT2D eigenvalue weighted by Gasteiger charge is -2.15. The number of hydrogen-bond acceptors (Lipinski definition) is 5. The average Bonchev–Trinajstić information content (AvgIpc) is 2.89. The topological polar surface area (TPSA) is 55.8 Å². The monoisotopic (exact) mass is 355 g/mol. The summed E-state index contributed by atoms with van der Waals surface area (Å²) in [6.45, 7) is 1.87. The van der Waals surface area contributed by atoms with Gasteiger partial charge in [-0.15, -0.1) is 0 Å². The van der Waals surface area contributed by atoms with Crippen LogP contribution in [0.3, 0.4) is 0 Å². The standard InChI is InChI=1S/C19H17NO4S/c1-12-7-4-5-9-14(12)20-18(21)16(25-19(20)22)11-13-8-6-10-15(23-2)17(13)24-3/h4-11H,1-3H3/b16-11-. The minimum absolute atomic E-state index is 0.313. The first-order chi connectivity index (χ1) is 12.1. The number of carbonyl (C=O) groups excluding carboxylic acids is 2. The van der Waals surface area contributed by atoms with Crippen LogP contribution in [0.5, 0.6) is 11.5 Å². The van der Waals surface area contributed by atoms with E-state index in [1.807, 2.05) is 25.1 Å². The minimum atomic E-state index is -0.339. The van der Waals surface area contributed by atoms with Gasteiger partial charge >= 0.3 is 0 Å². The summed E-state index contributed by atoms with van der Waals surface area (Å²) < 4.78 is 10.7. The normalized spacial score (nSPS) is 15.8. The molecule has 0 aromatic heterocycles. The van der Waals surface area contributed by atoms with E-state index in [9.17, 15) is 9.59 Å². The lowest BCUT2D eigenvalue weighted by atomic mass is 10.1. The van der Waals surface area contributed by atoms with Crippen molar-refractivity contribution in [1.82, 2.24) is 0 Å². The van der Waals surface area contributed by atoms with Crippen LogP contribution in [0.25, 0.3) is 6.08 Å². The molecular weight excluding hydrogens is 338 g/mol. The summed E-state index contributed by atoms with van der Waals surface area (Å²) in [6, 6.07) is 12.7. The molecule has 1 aliphatic heterocycles. The summed E-state index contributed by atoms with van der Waals surface area (Å²) in [5.41, 5.74) is 2.15. The Hall–Kier alpha value is -2.73. The fourth-order valence-corrected chi connectivity index (χ4v) is 3.48. The molecule has 0 unspecified atom stereocenters. The molecule has 25 heavy (non-hydrogen) atoms. The lowest BCUT2D eigenvalue weighted by Crippen LogP contribution is -2.28. The molecule has 2 amide bonds. The van der Waals surface area contributed by atoms with Gasteiger partial charge in [0.05, 0.1) is 24.8 Å². The number of carbonyl (C=O) groups is 2. The van der Waals surface area contributed by atoms with E-state index in [0.717, 1.165) is 17.3 Å². The van der Waals surface area contributed by atoms with Crippen molar-refractivity contribution >= 4 is 34.7 Å². The third kappa shape index (κ3) is 3.13. The van der Waals surface area contributed by atoms with Gasteiger partial charge in [-0.25, -0.2) is 4.90 Å². The average molecular weight is 355 g/mol. The summed E-state index contributed by atoms with van der Waals surface area (Å²) in [5, 5.41) is -0.313. The Morgan fingerprint density at radius 1 is 1.00 bits per heavy atom. The molecule has 0 N–H and O–H groups in total. The second-order valence-electron chi connectivity index (χ2n) is 5.39. The molecule has 1 saturated heterocycles. The number of amides is 2. The van der Waals surface area contributed by atoms with E-state index in [2.05, 4.69) is 0 Å². The van der Waals surface area contributed by atoms with Crippen molar-refractivity contribution in [3.63, 3.8) is 0 Å². The number of nitrogens with zero attached hydrogens (tertiary/aromatic N) is 1. The first-order valence-electron chi connectivity index (χ1n) is 7.61. The van der Waals surface area contributed by atoms with E-state index in [1.165, 1.54) is 12.0 Å². The SMILES string of the molecule is COc1cccc(/C=C2\SC(=O)N(c3ccccc3C)C2=O)c1OC. The molecule has 2 aromatic carbocycles. The number of anilines is 1. The van der Waals surface area contributed by atoms with Gasteiger partial charge in [-0.05, 0) is 42.5 Å². The Labute approximate surface area is 150 Å². The van der Waals surface area contributed by atoms with E-state index in [-0.39, 0.29) is 11.1 Å². The highest BCUT2D eigenvalue weighted by molar-refractivity contribution is 8.19. The number of para-hydroxylation sites is 2. The molecule has 1 fully saturated rings. The van der Waals surface area contributed by atoms with Gasteiger partial charge in [0.15, 0.2) is 11.5 Å². The van der Waals surface area contributed by atoms with Gasteiger partial charge < -0.3 is 9.47 Å². The van der Waals surface area contributed by atoms with Crippen molar-refractivity contribution in [3.8, 4) is 11.5 Å². The summed E-state index contributed by atoms with van der Waals surface area (Å²) in [7, 11) is 3.09. The molecule has 128 valence electrons. The van der Waals surface area contributed by atoms with Crippen molar-refractivity contribution in [2.45, 2.75) is 6.92 Å². The maximum absolute atomic E-state index is 12.8. The van der Waals surface area contributed by atoms with Gasteiger partial charge in [-0.1, -0.05) is 30.3 Å². The smallest absolute Gasteiger partial charge is 0.298 e. The van der Waals surface area contributed by atoms with Crippen LogP contribution in [0.1, 0.15) is 11.1 Å². The van der Waals surface area contributed by atoms with Gasteiger partial charge in [-0.2, -0.15) is 0 Å². The summed E-state index contributed by atoms with van der Waals surface area (Å²) >= 11 is 0.915. The zero-order valence-electron chi connectivity index (χ0n) is 14.1. The quantitative estimate of drug-likeness (QED) is 0.767.